The summed E-state index contributed by atoms with van der Waals surface area (Å²) in [5.41, 5.74) is 1.65. The summed E-state index contributed by atoms with van der Waals surface area (Å²) in [6, 6.07) is 20.5. The number of carbonyl (C=O) groups excluding carboxylic acids is 1. The molecule has 0 aliphatic heterocycles. The molecule has 2 N–H and O–H groups in total. The summed E-state index contributed by atoms with van der Waals surface area (Å²) in [5.74, 6) is 0.319. The number of amides is 1. The Morgan fingerprint density at radius 2 is 1.71 bits per heavy atom. The zero-order valence-electron chi connectivity index (χ0n) is 17.3. The molecule has 0 aliphatic rings. The van der Waals surface area contributed by atoms with E-state index in [1.165, 1.54) is 12.1 Å². The lowest BCUT2D eigenvalue weighted by atomic mass is 10.2. The molecule has 0 fully saturated rings. The number of ether oxygens (including phenoxy) is 1. The van der Waals surface area contributed by atoms with E-state index in [0.717, 1.165) is 10.5 Å². The van der Waals surface area contributed by atoms with Gasteiger partial charge in [0.05, 0.1) is 11.5 Å². The van der Waals surface area contributed by atoms with Gasteiger partial charge in [-0.1, -0.05) is 18.2 Å². The lowest BCUT2D eigenvalue weighted by Crippen LogP contribution is -2.23. The first-order valence-corrected chi connectivity index (χ1v) is 12.4. The van der Waals surface area contributed by atoms with Crippen LogP contribution in [-0.4, -0.2) is 27.2 Å². The van der Waals surface area contributed by atoms with Crippen molar-refractivity contribution in [3.05, 3.63) is 83.9 Å². The molecule has 0 aliphatic carbocycles. The van der Waals surface area contributed by atoms with Crippen molar-refractivity contribution in [1.29, 1.82) is 0 Å². The van der Waals surface area contributed by atoms with Crippen molar-refractivity contribution < 1.29 is 17.9 Å². The number of carbonyl (C=O) groups is 1. The molecule has 0 spiro atoms. The minimum absolute atomic E-state index is 0.0124. The van der Waals surface area contributed by atoms with Crippen molar-refractivity contribution in [3.63, 3.8) is 0 Å². The van der Waals surface area contributed by atoms with Gasteiger partial charge in [0, 0.05) is 22.7 Å². The number of thioether (sulfide) groups is 1. The second-order valence-electron chi connectivity index (χ2n) is 6.62. The minimum atomic E-state index is -3.84. The maximum atomic E-state index is 12.8. The third-order valence-corrected chi connectivity index (χ3v) is 6.56. The highest BCUT2D eigenvalue weighted by Crippen LogP contribution is 2.20. The van der Waals surface area contributed by atoms with Crippen LogP contribution in [0.4, 0.5) is 5.69 Å². The molecule has 0 radical (unpaired) electrons. The average Bonchev–Trinajstić information content (AvgIpc) is 2.79. The third kappa shape index (κ3) is 6.26. The molecular weight excluding hydrogens is 432 g/mol. The van der Waals surface area contributed by atoms with Crippen LogP contribution in [-0.2, 0) is 16.6 Å². The number of nitrogens with one attached hydrogen (secondary N) is 2. The molecule has 3 aromatic rings. The second kappa shape index (κ2) is 10.4. The van der Waals surface area contributed by atoms with Crippen molar-refractivity contribution in [2.24, 2.45) is 0 Å². The summed E-state index contributed by atoms with van der Waals surface area (Å²) in [7, 11) is -3.84. The van der Waals surface area contributed by atoms with E-state index in [4.69, 9.17) is 4.74 Å². The molecule has 0 saturated carbocycles. The van der Waals surface area contributed by atoms with E-state index < -0.39 is 10.0 Å². The van der Waals surface area contributed by atoms with Crippen LogP contribution in [0.2, 0.25) is 0 Å². The Bertz CT molecular complexity index is 1130. The molecule has 0 heterocycles. The first-order chi connectivity index (χ1) is 14.9. The number of anilines is 1. The average molecular weight is 457 g/mol. The van der Waals surface area contributed by atoms with Gasteiger partial charge in [0.1, 0.15) is 5.75 Å². The zero-order chi connectivity index (χ0) is 22.3. The largest absolute Gasteiger partial charge is 0.494 e. The molecule has 31 heavy (non-hydrogen) atoms. The van der Waals surface area contributed by atoms with Crippen LogP contribution in [0.1, 0.15) is 22.8 Å². The Hall–Kier alpha value is -2.97. The van der Waals surface area contributed by atoms with Crippen molar-refractivity contribution in [1.82, 2.24) is 5.32 Å². The molecule has 162 valence electrons. The van der Waals surface area contributed by atoms with Crippen LogP contribution in [0.15, 0.2) is 82.6 Å². The van der Waals surface area contributed by atoms with Gasteiger partial charge < -0.3 is 10.1 Å². The molecule has 6 nitrogen and oxygen atoms in total. The SMILES string of the molecule is CCOc1ccc(NS(=O)(=O)c2cccc(C(=O)NCc3ccc(SC)cc3)c2)cc1. The van der Waals surface area contributed by atoms with Gasteiger partial charge in [0.25, 0.3) is 15.9 Å². The van der Waals surface area contributed by atoms with E-state index in [2.05, 4.69) is 10.0 Å². The maximum absolute atomic E-state index is 12.8. The number of hydrogen-bond acceptors (Lipinski definition) is 5. The van der Waals surface area contributed by atoms with E-state index in [1.54, 1.807) is 48.2 Å². The number of rotatable bonds is 9. The van der Waals surface area contributed by atoms with E-state index in [1.807, 2.05) is 37.4 Å². The van der Waals surface area contributed by atoms with E-state index in [-0.39, 0.29) is 16.4 Å². The first-order valence-electron chi connectivity index (χ1n) is 9.68. The van der Waals surface area contributed by atoms with Gasteiger partial charge in [-0.05, 0) is 73.3 Å². The molecule has 3 rings (SSSR count). The Balaban J connectivity index is 1.68. The quantitative estimate of drug-likeness (QED) is 0.462. The summed E-state index contributed by atoms with van der Waals surface area (Å²) in [6.07, 6.45) is 2.00. The van der Waals surface area contributed by atoms with Gasteiger partial charge >= 0.3 is 0 Å². The van der Waals surface area contributed by atoms with Crippen molar-refractivity contribution in [2.45, 2.75) is 23.3 Å². The predicted molar refractivity (Wildman–Crippen MR) is 124 cm³/mol. The third-order valence-electron chi connectivity index (χ3n) is 4.44. The smallest absolute Gasteiger partial charge is 0.261 e. The lowest BCUT2D eigenvalue weighted by Gasteiger charge is -2.11. The van der Waals surface area contributed by atoms with Crippen LogP contribution < -0.4 is 14.8 Å². The number of benzene rings is 3. The summed E-state index contributed by atoms with van der Waals surface area (Å²) in [4.78, 5) is 13.7. The highest BCUT2D eigenvalue weighted by atomic mass is 32.2. The fourth-order valence-corrected chi connectivity index (χ4v) is 4.34. The first kappa shape index (κ1) is 22.7. The van der Waals surface area contributed by atoms with Crippen LogP contribution in [0.25, 0.3) is 0 Å². The predicted octanol–water partition coefficient (Wildman–Crippen LogP) is 4.54. The van der Waals surface area contributed by atoms with Crippen molar-refractivity contribution in [2.75, 3.05) is 17.6 Å². The van der Waals surface area contributed by atoms with Crippen LogP contribution in [0.3, 0.4) is 0 Å². The Kier molecular flexibility index (Phi) is 7.59. The standard InChI is InChI=1S/C23H24N2O4S2/c1-3-29-20-11-9-19(10-12-20)25-31(27,28)22-6-4-5-18(15-22)23(26)24-16-17-7-13-21(30-2)14-8-17/h4-15,25H,3,16H2,1-2H3,(H,24,26). The molecule has 3 aromatic carbocycles. The van der Waals surface area contributed by atoms with E-state index >= 15 is 0 Å². The van der Waals surface area contributed by atoms with Crippen molar-refractivity contribution >= 4 is 33.4 Å². The zero-order valence-corrected chi connectivity index (χ0v) is 18.9. The molecule has 0 saturated heterocycles. The summed E-state index contributed by atoms with van der Waals surface area (Å²) in [6.45, 7) is 2.76. The van der Waals surface area contributed by atoms with Gasteiger partial charge in [-0.25, -0.2) is 8.42 Å². The summed E-state index contributed by atoms with van der Waals surface area (Å²) < 4.78 is 33.4. The molecule has 1 amide bonds. The topological polar surface area (TPSA) is 84.5 Å². The number of hydrogen-bond donors (Lipinski definition) is 2. The maximum Gasteiger partial charge on any atom is 0.261 e. The molecule has 8 heteroatoms. The molecule has 0 atom stereocenters. The fourth-order valence-electron chi connectivity index (χ4n) is 2.83. The van der Waals surface area contributed by atoms with Gasteiger partial charge in [-0.3, -0.25) is 9.52 Å². The van der Waals surface area contributed by atoms with Gasteiger partial charge in [-0.15, -0.1) is 11.8 Å². The Labute approximate surface area is 187 Å². The molecule has 0 aromatic heterocycles. The normalized spacial score (nSPS) is 11.0. The van der Waals surface area contributed by atoms with Gasteiger partial charge in [0.2, 0.25) is 0 Å². The molecule has 0 unspecified atom stereocenters. The monoisotopic (exact) mass is 456 g/mol. The summed E-state index contributed by atoms with van der Waals surface area (Å²) >= 11 is 1.65. The van der Waals surface area contributed by atoms with Crippen molar-refractivity contribution in [3.8, 4) is 5.75 Å². The Morgan fingerprint density at radius 3 is 2.35 bits per heavy atom. The fraction of sp³-hybridized carbons (Fsp3) is 0.174. The highest BCUT2D eigenvalue weighted by Gasteiger charge is 2.16. The van der Waals surface area contributed by atoms with Crippen LogP contribution in [0.5, 0.6) is 5.75 Å². The highest BCUT2D eigenvalue weighted by molar-refractivity contribution is 7.98. The van der Waals surface area contributed by atoms with E-state index in [0.29, 0.717) is 24.6 Å². The van der Waals surface area contributed by atoms with Crippen LogP contribution in [0, 0.1) is 0 Å². The molecular formula is C23H24N2O4S2. The summed E-state index contributed by atoms with van der Waals surface area (Å²) in [5, 5.41) is 2.82. The van der Waals surface area contributed by atoms with E-state index in [9.17, 15) is 13.2 Å². The lowest BCUT2D eigenvalue weighted by molar-refractivity contribution is 0.0950. The second-order valence-corrected chi connectivity index (χ2v) is 9.18. The number of sulfonamides is 1. The minimum Gasteiger partial charge on any atom is -0.494 e. The molecule has 0 bridgehead atoms. The van der Waals surface area contributed by atoms with Gasteiger partial charge in [-0.2, -0.15) is 0 Å². The van der Waals surface area contributed by atoms with Crippen LogP contribution >= 0.6 is 11.8 Å². The van der Waals surface area contributed by atoms with Gasteiger partial charge in [0.15, 0.2) is 0 Å². The Morgan fingerprint density at radius 1 is 1.00 bits per heavy atom.